The summed E-state index contributed by atoms with van der Waals surface area (Å²) in [5, 5.41) is 0. The van der Waals surface area contributed by atoms with Crippen molar-refractivity contribution in [2.45, 2.75) is 40.7 Å². The highest BCUT2D eigenvalue weighted by atomic mass is 16.5. The molecular formula is C15H21NO. The Labute approximate surface area is 104 Å². The Morgan fingerprint density at radius 3 is 2.24 bits per heavy atom. The molecule has 0 aliphatic carbocycles. The first-order valence-electron chi connectivity index (χ1n) is 6.28. The second-order valence-electron chi connectivity index (χ2n) is 5.33. The van der Waals surface area contributed by atoms with Crippen LogP contribution < -0.4 is 0 Å². The molecule has 1 aliphatic rings. The summed E-state index contributed by atoms with van der Waals surface area (Å²) in [6, 6.07) is 4.69. The van der Waals surface area contributed by atoms with Gasteiger partial charge < -0.3 is 4.74 Å². The lowest BCUT2D eigenvalue weighted by Crippen LogP contribution is -2.13. The van der Waals surface area contributed by atoms with E-state index in [4.69, 9.17) is 9.73 Å². The molecule has 1 aromatic rings. The molecule has 17 heavy (non-hydrogen) atoms. The third-order valence-corrected chi connectivity index (χ3v) is 3.33. The van der Waals surface area contributed by atoms with Gasteiger partial charge in [-0.15, -0.1) is 0 Å². The molecule has 2 nitrogen and oxygen atoms in total. The fourth-order valence-corrected chi connectivity index (χ4v) is 2.39. The molecule has 0 aromatic heterocycles. The second kappa shape index (κ2) is 4.52. The van der Waals surface area contributed by atoms with Gasteiger partial charge in [0, 0.05) is 5.56 Å². The zero-order chi connectivity index (χ0) is 12.6. The van der Waals surface area contributed by atoms with Crippen LogP contribution in [0.25, 0.3) is 0 Å². The summed E-state index contributed by atoms with van der Waals surface area (Å²) < 4.78 is 5.76. The summed E-state index contributed by atoms with van der Waals surface area (Å²) in [5.41, 5.74) is 4.98. The van der Waals surface area contributed by atoms with Crippen molar-refractivity contribution in [3.05, 3.63) is 34.4 Å². The molecule has 2 heteroatoms. The Bertz CT molecular complexity index is 437. The number of hydrogen-bond acceptors (Lipinski definition) is 2. The average molecular weight is 231 g/mol. The quantitative estimate of drug-likeness (QED) is 0.764. The van der Waals surface area contributed by atoms with E-state index in [2.05, 4.69) is 46.8 Å². The van der Waals surface area contributed by atoms with Crippen molar-refractivity contribution in [1.82, 2.24) is 0 Å². The minimum Gasteiger partial charge on any atom is -0.475 e. The minimum absolute atomic E-state index is 0.310. The molecule has 1 aromatic carbocycles. The number of benzene rings is 1. The number of hydrogen-bond donors (Lipinski definition) is 0. The average Bonchev–Trinajstić information content (AvgIpc) is 2.65. The maximum absolute atomic E-state index is 5.76. The molecule has 0 amide bonds. The van der Waals surface area contributed by atoms with E-state index >= 15 is 0 Å². The van der Waals surface area contributed by atoms with Crippen LogP contribution in [0.5, 0.6) is 0 Å². The molecule has 0 saturated heterocycles. The Kier molecular flexibility index (Phi) is 3.23. The maximum Gasteiger partial charge on any atom is 0.217 e. The van der Waals surface area contributed by atoms with Gasteiger partial charge >= 0.3 is 0 Å². The molecule has 0 unspecified atom stereocenters. The molecule has 1 atom stereocenters. The molecule has 2 rings (SSSR count). The zero-order valence-electron chi connectivity index (χ0n) is 11.4. The predicted octanol–water partition coefficient (Wildman–Crippen LogP) is 3.41. The van der Waals surface area contributed by atoms with Crippen LogP contribution in [0.1, 0.15) is 36.1 Å². The van der Waals surface area contributed by atoms with Crippen LogP contribution in [0.4, 0.5) is 0 Å². The highest BCUT2D eigenvalue weighted by Gasteiger charge is 2.24. The van der Waals surface area contributed by atoms with Crippen LogP contribution in [0.3, 0.4) is 0 Å². The van der Waals surface area contributed by atoms with E-state index < -0.39 is 0 Å². The number of aliphatic imine (C=N–C) groups is 1. The lowest BCUT2D eigenvalue weighted by molar-refractivity contribution is 0.291. The van der Waals surface area contributed by atoms with Crippen LogP contribution in [-0.4, -0.2) is 18.5 Å². The van der Waals surface area contributed by atoms with E-state index in [1.165, 1.54) is 22.3 Å². The van der Waals surface area contributed by atoms with E-state index in [0.717, 1.165) is 12.5 Å². The van der Waals surface area contributed by atoms with Crippen LogP contribution >= 0.6 is 0 Å². The SMILES string of the molecule is Cc1cc(C)c(C2=N[C@H](C(C)C)CO2)c(C)c1. The normalized spacial score (nSPS) is 19.4. The number of ether oxygens (including phenoxy) is 1. The lowest BCUT2D eigenvalue weighted by atomic mass is 10.00. The van der Waals surface area contributed by atoms with Gasteiger partial charge in [0.1, 0.15) is 6.61 Å². The van der Waals surface area contributed by atoms with Gasteiger partial charge in [-0.05, 0) is 37.8 Å². The summed E-state index contributed by atoms with van der Waals surface area (Å²) in [4.78, 5) is 4.70. The molecule has 0 bridgehead atoms. The van der Waals surface area contributed by atoms with Gasteiger partial charge in [0.2, 0.25) is 5.90 Å². The number of aryl methyl sites for hydroxylation is 3. The molecular weight excluding hydrogens is 210 g/mol. The highest BCUT2D eigenvalue weighted by molar-refractivity contribution is 5.98. The molecule has 1 aliphatic heterocycles. The van der Waals surface area contributed by atoms with Crippen LogP contribution in [-0.2, 0) is 4.74 Å². The molecule has 0 spiro atoms. The molecule has 92 valence electrons. The Morgan fingerprint density at radius 2 is 1.76 bits per heavy atom. The van der Waals surface area contributed by atoms with Crippen molar-refractivity contribution in [2.75, 3.05) is 6.61 Å². The standard InChI is InChI=1S/C15H21NO/c1-9(2)13-8-17-15(16-13)14-11(4)6-10(3)7-12(14)5/h6-7,9,13H,8H2,1-5H3/t13-/m0/s1. The van der Waals surface area contributed by atoms with E-state index in [0.29, 0.717) is 12.0 Å². The van der Waals surface area contributed by atoms with E-state index in [9.17, 15) is 0 Å². The number of nitrogens with zero attached hydrogens (tertiary/aromatic N) is 1. The van der Waals surface area contributed by atoms with Crippen molar-refractivity contribution in [1.29, 1.82) is 0 Å². The summed E-state index contributed by atoms with van der Waals surface area (Å²) in [6.07, 6.45) is 0. The number of rotatable bonds is 2. The van der Waals surface area contributed by atoms with Crippen molar-refractivity contribution >= 4 is 5.90 Å². The van der Waals surface area contributed by atoms with E-state index in [-0.39, 0.29) is 0 Å². The van der Waals surface area contributed by atoms with Gasteiger partial charge in [-0.1, -0.05) is 31.5 Å². The molecule has 1 heterocycles. The largest absolute Gasteiger partial charge is 0.475 e. The maximum atomic E-state index is 5.76. The van der Waals surface area contributed by atoms with Gasteiger partial charge in [-0.2, -0.15) is 0 Å². The molecule has 0 N–H and O–H groups in total. The Hall–Kier alpha value is -1.31. The summed E-state index contributed by atoms with van der Waals surface area (Å²) in [6.45, 7) is 11.5. The first-order chi connectivity index (χ1) is 7.99. The van der Waals surface area contributed by atoms with Crippen molar-refractivity contribution < 1.29 is 4.74 Å². The zero-order valence-corrected chi connectivity index (χ0v) is 11.4. The van der Waals surface area contributed by atoms with Crippen molar-refractivity contribution in [3.63, 3.8) is 0 Å². The third-order valence-electron chi connectivity index (χ3n) is 3.33. The van der Waals surface area contributed by atoms with Crippen molar-refractivity contribution in [2.24, 2.45) is 10.9 Å². The van der Waals surface area contributed by atoms with E-state index in [1.54, 1.807) is 0 Å². The summed E-state index contributed by atoms with van der Waals surface area (Å²) in [7, 11) is 0. The van der Waals surface area contributed by atoms with E-state index in [1.807, 2.05) is 0 Å². The smallest absolute Gasteiger partial charge is 0.217 e. The molecule has 0 saturated carbocycles. The van der Waals surface area contributed by atoms with Crippen LogP contribution in [0.15, 0.2) is 17.1 Å². The highest BCUT2D eigenvalue weighted by Crippen LogP contribution is 2.23. The first-order valence-corrected chi connectivity index (χ1v) is 6.28. The second-order valence-corrected chi connectivity index (χ2v) is 5.33. The topological polar surface area (TPSA) is 21.6 Å². The monoisotopic (exact) mass is 231 g/mol. The van der Waals surface area contributed by atoms with Gasteiger partial charge in [0.25, 0.3) is 0 Å². The predicted molar refractivity (Wildman–Crippen MR) is 71.8 cm³/mol. The fraction of sp³-hybridized carbons (Fsp3) is 0.533. The minimum atomic E-state index is 0.310. The van der Waals surface area contributed by atoms with Crippen LogP contribution in [0, 0.1) is 26.7 Å². The molecule has 0 radical (unpaired) electrons. The fourth-order valence-electron chi connectivity index (χ4n) is 2.39. The lowest BCUT2D eigenvalue weighted by Gasteiger charge is -2.10. The Balaban J connectivity index is 2.39. The Morgan fingerprint density at radius 1 is 1.18 bits per heavy atom. The van der Waals surface area contributed by atoms with Gasteiger partial charge in [0.05, 0.1) is 6.04 Å². The van der Waals surface area contributed by atoms with Gasteiger partial charge in [-0.3, -0.25) is 0 Å². The third kappa shape index (κ3) is 2.36. The van der Waals surface area contributed by atoms with Gasteiger partial charge in [-0.25, -0.2) is 4.99 Å². The van der Waals surface area contributed by atoms with Crippen molar-refractivity contribution in [3.8, 4) is 0 Å². The molecule has 0 fully saturated rings. The summed E-state index contributed by atoms with van der Waals surface area (Å²) in [5.74, 6) is 1.37. The van der Waals surface area contributed by atoms with Gasteiger partial charge in [0.15, 0.2) is 0 Å². The summed E-state index contributed by atoms with van der Waals surface area (Å²) >= 11 is 0. The first kappa shape index (κ1) is 12.2. The van der Waals surface area contributed by atoms with Crippen LogP contribution in [0.2, 0.25) is 0 Å².